The van der Waals surface area contributed by atoms with Crippen LogP contribution in [0.1, 0.15) is 18.9 Å². The molecule has 0 bridgehead atoms. The fraction of sp³-hybridized carbons (Fsp3) is 0.176. The lowest BCUT2D eigenvalue weighted by Gasteiger charge is -1.99. The third-order valence-corrected chi connectivity index (χ3v) is 3.90. The minimum atomic E-state index is -0.493. The van der Waals surface area contributed by atoms with E-state index in [9.17, 15) is 10.1 Å². The molecule has 0 N–H and O–H groups in total. The number of nitrogens with zero attached hydrogens (tertiary/aromatic N) is 3. The molecule has 24 heavy (non-hydrogen) atoms. The summed E-state index contributed by atoms with van der Waals surface area (Å²) in [6, 6.07) is 12.0. The van der Waals surface area contributed by atoms with Gasteiger partial charge in [0.1, 0.15) is 0 Å². The quantitative estimate of drug-likeness (QED) is 0.485. The molecule has 0 saturated heterocycles. The lowest BCUT2D eigenvalue weighted by Crippen LogP contribution is -1.90. The topological polar surface area (TPSA) is 82.1 Å². The van der Waals surface area contributed by atoms with Crippen molar-refractivity contribution in [1.82, 2.24) is 10.1 Å². The zero-order chi connectivity index (χ0) is 17.1. The number of halogens is 1. The average Bonchev–Trinajstić information content (AvgIpc) is 3.06. The fourth-order valence-corrected chi connectivity index (χ4v) is 2.55. The third kappa shape index (κ3) is 3.28. The molecule has 0 amide bonds. The highest BCUT2D eigenvalue weighted by atomic mass is 35.5. The predicted octanol–water partition coefficient (Wildman–Crippen LogP) is 4.92. The van der Waals surface area contributed by atoms with Crippen LogP contribution in [0.3, 0.4) is 0 Å². The molecule has 0 fully saturated rings. The molecule has 0 saturated carbocycles. The van der Waals surface area contributed by atoms with Crippen LogP contribution in [0.4, 0.5) is 5.69 Å². The van der Waals surface area contributed by atoms with E-state index in [1.807, 2.05) is 24.3 Å². The first-order valence-corrected chi connectivity index (χ1v) is 7.83. The van der Waals surface area contributed by atoms with Crippen LogP contribution >= 0.6 is 11.6 Å². The Balaban J connectivity index is 1.93. The highest BCUT2D eigenvalue weighted by Crippen LogP contribution is 2.31. The van der Waals surface area contributed by atoms with Gasteiger partial charge >= 0.3 is 0 Å². The number of aryl methyl sites for hydroxylation is 1. The number of hydrogen-bond acceptors (Lipinski definition) is 5. The van der Waals surface area contributed by atoms with Crippen molar-refractivity contribution in [3.05, 3.63) is 63.2 Å². The highest BCUT2D eigenvalue weighted by molar-refractivity contribution is 6.33. The Bertz CT molecular complexity index is 875. The van der Waals surface area contributed by atoms with Crippen LogP contribution in [0.5, 0.6) is 0 Å². The highest BCUT2D eigenvalue weighted by Gasteiger charge is 2.17. The van der Waals surface area contributed by atoms with Crippen molar-refractivity contribution in [2.24, 2.45) is 0 Å². The average molecular weight is 344 g/mol. The molecule has 0 spiro atoms. The number of benzene rings is 2. The molecular formula is C17H14ClN3O3. The van der Waals surface area contributed by atoms with E-state index >= 15 is 0 Å². The van der Waals surface area contributed by atoms with Crippen LogP contribution in [0, 0.1) is 10.1 Å². The zero-order valence-electron chi connectivity index (χ0n) is 12.9. The minimum absolute atomic E-state index is 0.0790. The summed E-state index contributed by atoms with van der Waals surface area (Å²) in [5.74, 6) is 0.562. The molecule has 6 nitrogen and oxygen atoms in total. The fourth-order valence-electron chi connectivity index (χ4n) is 2.35. The molecule has 0 unspecified atom stereocenters. The van der Waals surface area contributed by atoms with Gasteiger partial charge in [0.15, 0.2) is 0 Å². The molecule has 2 aromatic carbocycles. The predicted molar refractivity (Wildman–Crippen MR) is 90.8 cm³/mol. The second-order valence-electron chi connectivity index (χ2n) is 5.29. The van der Waals surface area contributed by atoms with E-state index in [0.29, 0.717) is 16.5 Å². The van der Waals surface area contributed by atoms with E-state index in [0.717, 1.165) is 18.4 Å². The largest absolute Gasteiger partial charge is 0.334 e. The normalized spacial score (nSPS) is 10.8. The molecule has 0 aliphatic heterocycles. The summed E-state index contributed by atoms with van der Waals surface area (Å²) in [4.78, 5) is 14.7. The van der Waals surface area contributed by atoms with Gasteiger partial charge in [-0.05, 0) is 30.2 Å². The Morgan fingerprint density at radius 1 is 1.21 bits per heavy atom. The Hall–Kier alpha value is -2.73. The standard InChI is InChI=1S/C17H14ClN3O3/c1-2-3-11-4-6-12(7-5-11)17-19-16(20-24-17)14-10-13(21(22)23)8-9-15(14)18/h4-10H,2-3H2,1H3. The Labute approximate surface area is 143 Å². The van der Waals surface area contributed by atoms with Gasteiger partial charge in [-0.25, -0.2) is 0 Å². The van der Waals surface area contributed by atoms with E-state index < -0.39 is 4.92 Å². The maximum atomic E-state index is 10.9. The Morgan fingerprint density at radius 3 is 2.62 bits per heavy atom. The first-order valence-electron chi connectivity index (χ1n) is 7.46. The zero-order valence-corrected chi connectivity index (χ0v) is 13.7. The van der Waals surface area contributed by atoms with Gasteiger partial charge in [-0.3, -0.25) is 10.1 Å². The first kappa shape index (κ1) is 16.1. The molecule has 0 atom stereocenters. The van der Waals surface area contributed by atoms with Gasteiger partial charge in [-0.2, -0.15) is 4.98 Å². The van der Waals surface area contributed by atoms with Crippen LogP contribution < -0.4 is 0 Å². The van der Waals surface area contributed by atoms with Crippen molar-refractivity contribution in [3.63, 3.8) is 0 Å². The number of nitro groups is 1. The van der Waals surface area contributed by atoms with Crippen LogP contribution in [0.25, 0.3) is 22.8 Å². The lowest BCUT2D eigenvalue weighted by atomic mass is 10.1. The molecular weight excluding hydrogens is 330 g/mol. The van der Waals surface area contributed by atoms with Crippen LogP contribution in [-0.2, 0) is 6.42 Å². The number of nitro benzene ring substituents is 1. The van der Waals surface area contributed by atoms with E-state index in [1.165, 1.54) is 23.8 Å². The summed E-state index contributed by atoms with van der Waals surface area (Å²) >= 11 is 6.10. The molecule has 122 valence electrons. The summed E-state index contributed by atoms with van der Waals surface area (Å²) in [6.45, 7) is 2.13. The second-order valence-corrected chi connectivity index (χ2v) is 5.70. The lowest BCUT2D eigenvalue weighted by molar-refractivity contribution is -0.384. The summed E-state index contributed by atoms with van der Waals surface area (Å²) in [5.41, 5.74) is 2.31. The maximum absolute atomic E-state index is 10.9. The van der Waals surface area contributed by atoms with Crippen LogP contribution in [0.2, 0.25) is 5.02 Å². The summed E-state index contributed by atoms with van der Waals surface area (Å²) in [5, 5.41) is 15.1. The van der Waals surface area contributed by atoms with Crippen LogP contribution in [0.15, 0.2) is 47.0 Å². The van der Waals surface area contributed by atoms with Crippen molar-refractivity contribution in [2.45, 2.75) is 19.8 Å². The molecule has 7 heteroatoms. The molecule has 0 radical (unpaired) electrons. The molecule has 0 aliphatic rings. The Morgan fingerprint density at radius 2 is 1.96 bits per heavy atom. The molecule has 1 aromatic heterocycles. The first-order chi connectivity index (χ1) is 11.6. The Kier molecular flexibility index (Phi) is 4.57. The van der Waals surface area contributed by atoms with Gasteiger partial charge in [0, 0.05) is 23.3 Å². The van der Waals surface area contributed by atoms with Gasteiger partial charge < -0.3 is 4.52 Å². The number of non-ortho nitro benzene ring substituents is 1. The molecule has 0 aliphatic carbocycles. The summed E-state index contributed by atoms with van der Waals surface area (Å²) < 4.78 is 5.27. The monoisotopic (exact) mass is 343 g/mol. The van der Waals surface area contributed by atoms with Crippen molar-refractivity contribution in [1.29, 1.82) is 0 Å². The maximum Gasteiger partial charge on any atom is 0.270 e. The van der Waals surface area contributed by atoms with Crippen molar-refractivity contribution in [3.8, 4) is 22.8 Å². The molecule has 3 aromatic rings. The van der Waals surface area contributed by atoms with E-state index in [4.69, 9.17) is 16.1 Å². The number of rotatable bonds is 5. The van der Waals surface area contributed by atoms with E-state index in [-0.39, 0.29) is 11.5 Å². The van der Waals surface area contributed by atoms with Gasteiger partial charge in [0.2, 0.25) is 5.82 Å². The van der Waals surface area contributed by atoms with Crippen molar-refractivity contribution in [2.75, 3.05) is 0 Å². The second kappa shape index (κ2) is 6.80. The smallest absolute Gasteiger partial charge is 0.270 e. The number of hydrogen-bond donors (Lipinski definition) is 0. The summed E-state index contributed by atoms with van der Waals surface area (Å²) in [6.07, 6.45) is 2.09. The van der Waals surface area contributed by atoms with Gasteiger partial charge in [-0.15, -0.1) is 0 Å². The molecule has 1 heterocycles. The minimum Gasteiger partial charge on any atom is -0.334 e. The van der Waals surface area contributed by atoms with Crippen molar-refractivity contribution < 1.29 is 9.45 Å². The van der Waals surface area contributed by atoms with E-state index in [1.54, 1.807) is 0 Å². The third-order valence-electron chi connectivity index (χ3n) is 3.57. The van der Waals surface area contributed by atoms with Gasteiger partial charge in [0.25, 0.3) is 11.6 Å². The van der Waals surface area contributed by atoms with Gasteiger partial charge in [-0.1, -0.05) is 42.2 Å². The van der Waals surface area contributed by atoms with Crippen molar-refractivity contribution >= 4 is 17.3 Å². The van der Waals surface area contributed by atoms with Gasteiger partial charge in [0.05, 0.1) is 9.95 Å². The molecule has 3 rings (SSSR count). The SMILES string of the molecule is CCCc1ccc(-c2nc(-c3cc([N+](=O)[O-])ccc3Cl)no2)cc1. The summed E-state index contributed by atoms with van der Waals surface area (Å²) in [7, 11) is 0. The van der Waals surface area contributed by atoms with Crippen LogP contribution in [-0.4, -0.2) is 15.1 Å². The van der Waals surface area contributed by atoms with E-state index in [2.05, 4.69) is 17.1 Å². The number of aromatic nitrogens is 2.